The minimum absolute atomic E-state index is 0.155. The summed E-state index contributed by atoms with van der Waals surface area (Å²) >= 11 is 0. The first kappa shape index (κ1) is 21.0. The minimum atomic E-state index is -6.72. The summed E-state index contributed by atoms with van der Waals surface area (Å²) in [6.07, 6.45) is -12.1. The number of benzene rings is 1. The molecule has 0 aromatic heterocycles. The fourth-order valence-corrected chi connectivity index (χ4v) is 1.49. The standard InChI is InChI=1S/C12H5F11O2/c13-6-3-1-2-5(10(16,17)18)7(6)8(24)25-4-9(14,15)11(19,20)12(21,22)23/h1-3H,4H2. The van der Waals surface area contributed by atoms with E-state index in [1.807, 2.05) is 0 Å². The van der Waals surface area contributed by atoms with Crippen molar-refractivity contribution in [2.45, 2.75) is 24.2 Å². The molecule has 0 N–H and O–H groups in total. The van der Waals surface area contributed by atoms with Gasteiger partial charge in [-0.15, -0.1) is 0 Å². The molecular weight excluding hydrogens is 385 g/mol. The number of carbonyl (C=O) groups excluding carboxylic acids is 1. The van der Waals surface area contributed by atoms with Gasteiger partial charge in [0.2, 0.25) is 0 Å². The number of rotatable bonds is 4. The third-order valence-corrected chi connectivity index (χ3v) is 2.72. The maximum absolute atomic E-state index is 13.4. The van der Waals surface area contributed by atoms with Crippen LogP contribution in [0, 0.1) is 5.82 Å². The van der Waals surface area contributed by atoms with E-state index < -0.39 is 53.7 Å². The zero-order valence-electron chi connectivity index (χ0n) is 11.4. The highest BCUT2D eigenvalue weighted by molar-refractivity contribution is 5.91. The van der Waals surface area contributed by atoms with Gasteiger partial charge in [-0.3, -0.25) is 0 Å². The number of carbonyl (C=O) groups is 1. The summed E-state index contributed by atoms with van der Waals surface area (Å²) < 4.78 is 141. The van der Waals surface area contributed by atoms with Crippen LogP contribution in [-0.2, 0) is 10.9 Å². The van der Waals surface area contributed by atoms with Crippen LogP contribution in [0.3, 0.4) is 0 Å². The van der Waals surface area contributed by atoms with Crippen molar-refractivity contribution in [3.05, 3.63) is 35.1 Å². The highest BCUT2D eigenvalue weighted by Gasteiger charge is 2.73. The van der Waals surface area contributed by atoms with Gasteiger partial charge in [-0.05, 0) is 12.1 Å². The van der Waals surface area contributed by atoms with Crippen LogP contribution in [0.2, 0.25) is 0 Å². The van der Waals surface area contributed by atoms with Crippen LogP contribution in [-0.4, -0.2) is 30.6 Å². The molecule has 0 spiro atoms. The number of alkyl halides is 10. The lowest BCUT2D eigenvalue weighted by Gasteiger charge is -2.27. The highest BCUT2D eigenvalue weighted by Crippen LogP contribution is 2.46. The van der Waals surface area contributed by atoms with Crippen molar-refractivity contribution in [1.29, 1.82) is 0 Å². The van der Waals surface area contributed by atoms with Crippen LogP contribution in [0.5, 0.6) is 0 Å². The van der Waals surface area contributed by atoms with Crippen molar-refractivity contribution in [1.82, 2.24) is 0 Å². The molecule has 0 bridgehead atoms. The minimum Gasteiger partial charge on any atom is -0.455 e. The first-order chi connectivity index (χ1) is 11.0. The smallest absolute Gasteiger partial charge is 0.455 e. The van der Waals surface area contributed by atoms with Gasteiger partial charge < -0.3 is 4.74 Å². The van der Waals surface area contributed by atoms with Crippen molar-refractivity contribution in [2.75, 3.05) is 6.61 Å². The number of hydrogen-bond acceptors (Lipinski definition) is 2. The molecule has 13 heteroatoms. The highest BCUT2D eigenvalue weighted by atomic mass is 19.4. The Morgan fingerprint density at radius 2 is 1.44 bits per heavy atom. The number of halogens is 11. The van der Waals surface area contributed by atoms with Gasteiger partial charge in [0.25, 0.3) is 0 Å². The molecule has 0 saturated carbocycles. The molecular formula is C12H5F11O2. The molecule has 0 amide bonds. The number of esters is 1. The van der Waals surface area contributed by atoms with E-state index in [0.29, 0.717) is 12.1 Å². The van der Waals surface area contributed by atoms with Crippen molar-refractivity contribution in [3.63, 3.8) is 0 Å². The van der Waals surface area contributed by atoms with E-state index in [-0.39, 0.29) is 6.07 Å². The van der Waals surface area contributed by atoms with Crippen LogP contribution >= 0.6 is 0 Å². The van der Waals surface area contributed by atoms with Crippen LogP contribution in [0.4, 0.5) is 48.3 Å². The van der Waals surface area contributed by atoms with E-state index in [2.05, 4.69) is 4.74 Å². The Hall–Kier alpha value is -2.08. The summed E-state index contributed by atoms with van der Waals surface area (Å²) in [4.78, 5) is 11.3. The van der Waals surface area contributed by atoms with Gasteiger partial charge in [0.15, 0.2) is 6.61 Å². The van der Waals surface area contributed by atoms with Gasteiger partial charge in [0.05, 0.1) is 5.56 Å². The maximum atomic E-state index is 13.4. The van der Waals surface area contributed by atoms with Crippen LogP contribution in [0.1, 0.15) is 15.9 Å². The van der Waals surface area contributed by atoms with Gasteiger partial charge in [0, 0.05) is 0 Å². The Morgan fingerprint density at radius 3 is 1.88 bits per heavy atom. The summed E-state index contributed by atoms with van der Waals surface area (Å²) in [7, 11) is 0. The van der Waals surface area contributed by atoms with Crippen molar-refractivity contribution >= 4 is 5.97 Å². The largest absolute Gasteiger partial charge is 0.460 e. The fraction of sp³-hybridized carbons (Fsp3) is 0.417. The fourth-order valence-electron chi connectivity index (χ4n) is 1.49. The zero-order chi connectivity index (χ0) is 19.8. The molecule has 0 saturated heterocycles. The van der Waals surface area contributed by atoms with Crippen LogP contribution in [0.25, 0.3) is 0 Å². The summed E-state index contributed by atoms with van der Waals surface area (Å²) in [5, 5.41) is 0. The lowest BCUT2D eigenvalue weighted by atomic mass is 10.1. The summed E-state index contributed by atoms with van der Waals surface area (Å²) in [6, 6.07) is 0.956. The average molecular weight is 390 g/mol. The second-order valence-corrected chi connectivity index (χ2v) is 4.51. The molecule has 2 nitrogen and oxygen atoms in total. The Kier molecular flexibility index (Phi) is 5.31. The first-order valence-electron chi connectivity index (χ1n) is 5.87. The zero-order valence-corrected chi connectivity index (χ0v) is 11.4. The molecule has 1 aromatic rings. The van der Waals surface area contributed by atoms with Gasteiger partial charge in [-0.1, -0.05) is 6.07 Å². The normalized spacial score (nSPS) is 13.7. The van der Waals surface area contributed by atoms with Crippen molar-refractivity contribution < 1.29 is 57.8 Å². The van der Waals surface area contributed by atoms with E-state index in [9.17, 15) is 53.1 Å². The molecule has 0 fully saturated rings. The molecule has 0 aliphatic rings. The number of ether oxygens (including phenoxy) is 1. The second kappa shape index (κ2) is 6.33. The van der Waals surface area contributed by atoms with E-state index in [1.54, 1.807) is 0 Å². The lowest BCUT2D eigenvalue weighted by molar-refractivity contribution is -0.359. The SMILES string of the molecule is O=C(OCC(F)(F)C(F)(F)C(F)(F)F)c1c(F)cccc1C(F)(F)F. The monoisotopic (exact) mass is 390 g/mol. The van der Waals surface area contributed by atoms with Crippen molar-refractivity contribution in [2.24, 2.45) is 0 Å². The predicted molar refractivity (Wildman–Crippen MR) is 57.6 cm³/mol. The van der Waals surface area contributed by atoms with E-state index >= 15 is 0 Å². The van der Waals surface area contributed by atoms with Crippen LogP contribution < -0.4 is 0 Å². The molecule has 25 heavy (non-hydrogen) atoms. The Bertz CT molecular complexity index is 645. The topological polar surface area (TPSA) is 26.3 Å². The van der Waals surface area contributed by atoms with E-state index in [1.165, 1.54) is 0 Å². The molecule has 0 heterocycles. The predicted octanol–water partition coefficient (Wildman–Crippen LogP) is 4.83. The summed E-state index contributed by atoms with van der Waals surface area (Å²) in [5.41, 5.74) is -3.91. The Morgan fingerprint density at radius 1 is 0.920 bits per heavy atom. The summed E-state index contributed by atoms with van der Waals surface area (Å²) in [5.74, 6) is -17.0. The molecule has 0 atom stereocenters. The van der Waals surface area contributed by atoms with E-state index in [4.69, 9.17) is 0 Å². The second-order valence-electron chi connectivity index (χ2n) is 4.51. The average Bonchev–Trinajstić information content (AvgIpc) is 2.42. The first-order valence-corrected chi connectivity index (χ1v) is 5.87. The summed E-state index contributed by atoms with van der Waals surface area (Å²) in [6.45, 7) is -2.93. The van der Waals surface area contributed by atoms with Crippen LogP contribution in [0.15, 0.2) is 18.2 Å². The third-order valence-electron chi connectivity index (χ3n) is 2.72. The Labute approximate surface area is 131 Å². The lowest BCUT2D eigenvalue weighted by Crippen LogP contribution is -2.54. The molecule has 142 valence electrons. The van der Waals surface area contributed by atoms with Gasteiger partial charge in [0.1, 0.15) is 11.4 Å². The molecule has 0 unspecified atom stereocenters. The molecule has 0 radical (unpaired) electrons. The van der Waals surface area contributed by atoms with Gasteiger partial charge in [-0.25, -0.2) is 9.18 Å². The quantitative estimate of drug-likeness (QED) is 0.544. The molecule has 1 aromatic carbocycles. The number of hydrogen-bond donors (Lipinski definition) is 0. The van der Waals surface area contributed by atoms with Crippen molar-refractivity contribution in [3.8, 4) is 0 Å². The van der Waals surface area contributed by atoms with Gasteiger partial charge >= 0.3 is 30.2 Å². The third kappa shape index (κ3) is 4.12. The van der Waals surface area contributed by atoms with E-state index in [0.717, 1.165) is 0 Å². The molecule has 1 rings (SSSR count). The molecule has 0 aliphatic heterocycles. The van der Waals surface area contributed by atoms with Gasteiger partial charge in [-0.2, -0.15) is 43.9 Å². The Balaban J connectivity index is 3.10. The molecule has 0 aliphatic carbocycles. The maximum Gasteiger partial charge on any atom is 0.460 e.